The number of nitrogens with zero attached hydrogens (tertiary/aromatic N) is 2. The molecule has 0 heterocycles. The molecular weight excluding hydrogens is 449 g/mol. The van der Waals surface area contributed by atoms with E-state index in [1.54, 1.807) is 23.8 Å². The van der Waals surface area contributed by atoms with E-state index in [0.29, 0.717) is 12.1 Å². The third-order valence-electron chi connectivity index (χ3n) is 5.27. The average Bonchev–Trinajstić information content (AvgIpc) is 2.71. The Morgan fingerprint density at radius 1 is 1.12 bits per heavy atom. The Morgan fingerprint density at radius 3 is 2.27 bits per heavy atom. The lowest BCUT2D eigenvalue weighted by Crippen LogP contribution is -2.20. The van der Waals surface area contributed by atoms with Crippen molar-refractivity contribution in [3.05, 3.63) is 59.2 Å². The van der Waals surface area contributed by atoms with Crippen LogP contribution < -0.4 is 5.01 Å². The van der Waals surface area contributed by atoms with Crippen molar-refractivity contribution >= 4 is 29.1 Å². The van der Waals surface area contributed by atoms with Crippen LogP contribution in [0, 0.1) is 12.8 Å². The van der Waals surface area contributed by atoms with Gasteiger partial charge in [-0.2, -0.15) is 18.3 Å². The number of aryl methyl sites for hydroxylation is 2. The monoisotopic (exact) mass is 480 g/mol. The lowest BCUT2D eigenvalue weighted by atomic mass is 10.0. The Kier molecular flexibility index (Phi) is 9.40. The number of rotatable bonds is 10. The fourth-order valence-corrected chi connectivity index (χ4v) is 4.45. The van der Waals surface area contributed by atoms with Gasteiger partial charge in [0.25, 0.3) is 0 Å². The van der Waals surface area contributed by atoms with E-state index in [1.165, 1.54) is 12.1 Å². The number of halogens is 3. The van der Waals surface area contributed by atoms with Crippen LogP contribution in [0.25, 0.3) is 0 Å². The Morgan fingerprint density at radius 2 is 1.76 bits per heavy atom. The third kappa shape index (κ3) is 8.42. The van der Waals surface area contributed by atoms with Gasteiger partial charge in [0, 0.05) is 29.3 Å². The minimum absolute atomic E-state index is 0.115. The standard InChI is InChI=1S/C25H31F3N2O2S/c1-16(2)23(29-30(5)21-10-8-20(9-11-21)25(26,27)28)15-18(4)33-22-12-6-19(17(3)14-22)7-13-24(31)32/h6,8-12,14,16,18H,7,13,15H2,1-5H3,(H,31,32)/b29-23+. The summed E-state index contributed by atoms with van der Waals surface area (Å²) in [4.78, 5) is 11.9. The lowest BCUT2D eigenvalue weighted by molar-refractivity contribution is -0.138. The Labute approximate surface area is 197 Å². The summed E-state index contributed by atoms with van der Waals surface area (Å²) in [5.41, 5.74) is 2.99. The van der Waals surface area contributed by atoms with E-state index in [0.717, 1.165) is 40.3 Å². The van der Waals surface area contributed by atoms with Crippen molar-refractivity contribution in [2.75, 3.05) is 12.1 Å². The second-order valence-corrected chi connectivity index (χ2v) is 9.94. The first-order valence-corrected chi connectivity index (χ1v) is 11.7. The second-order valence-electron chi connectivity index (χ2n) is 8.43. The fourth-order valence-electron chi connectivity index (χ4n) is 3.34. The molecule has 8 heteroatoms. The molecule has 0 aliphatic heterocycles. The minimum atomic E-state index is -4.36. The SMILES string of the molecule is Cc1cc(SC(C)C/C(=N\N(C)c2ccc(C(F)(F)F)cc2)C(C)C)ccc1CCC(=O)O. The van der Waals surface area contributed by atoms with Crippen LogP contribution in [-0.2, 0) is 17.4 Å². The molecule has 0 aliphatic carbocycles. The Bertz CT molecular complexity index is 973. The molecule has 2 rings (SSSR count). The van der Waals surface area contributed by atoms with Crippen LogP contribution in [0.2, 0.25) is 0 Å². The predicted octanol–water partition coefficient (Wildman–Crippen LogP) is 7.05. The maximum atomic E-state index is 12.8. The van der Waals surface area contributed by atoms with Gasteiger partial charge in [-0.3, -0.25) is 9.80 Å². The van der Waals surface area contributed by atoms with E-state index in [2.05, 4.69) is 26.8 Å². The van der Waals surface area contributed by atoms with Gasteiger partial charge in [-0.25, -0.2) is 0 Å². The summed E-state index contributed by atoms with van der Waals surface area (Å²) in [6.45, 7) is 8.22. The topological polar surface area (TPSA) is 52.9 Å². The summed E-state index contributed by atoms with van der Waals surface area (Å²) in [6, 6.07) is 11.1. The first-order valence-electron chi connectivity index (χ1n) is 10.8. The number of thioether (sulfide) groups is 1. The average molecular weight is 481 g/mol. The van der Waals surface area contributed by atoms with Gasteiger partial charge in [0.15, 0.2) is 0 Å². The van der Waals surface area contributed by atoms with Crippen LogP contribution in [0.4, 0.5) is 18.9 Å². The highest BCUT2D eigenvalue weighted by molar-refractivity contribution is 8.00. The highest BCUT2D eigenvalue weighted by Gasteiger charge is 2.30. The first-order chi connectivity index (χ1) is 15.4. The molecule has 2 aromatic rings. The van der Waals surface area contributed by atoms with E-state index in [9.17, 15) is 18.0 Å². The minimum Gasteiger partial charge on any atom is -0.481 e. The molecule has 1 N–H and O–H groups in total. The summed E-state index contributed by atoms with van der Waals surface area (Å²) in [7, 11) is 1.74. The number of carboxylic acids is 1. The van der Waals surface area contributed by atoms with E-state index in [-0.39, 0.29) is 17.6 Å². The molecule has 4 nitrogen and oxygen atoms in total. The molecule has 0 radical (unpaired) electrons. The van der Waals surface area contributed by atoms with Gasteiger partial charge in [-0.15, -0.1) is 11.8 Å². The van der Waals surface area contributed by atoms with E-state index >= 15 is 0 Å². The lowest BCUT2D eigenvalue weighted by Gasteiger charge is -2.21. The van der Waals surface area contributed by atoms with E-state index < -0.39 is 17.7 Å². The number of anilines is 1. The molecular formula is C25H31F3N2O2S. The number of alkyl halides is 3. The molecule has 0 saturated heterocycles. The van der Waals surface area contributed by atoms with Gasteiger partial charge in [0.1, 0.15) is 0 Å². The quantitative estimate of drug-likeness (QED) is 0.225. The molecule has 33 heavy (non-hydrogen) atoms. The van der Waals surface area contributed by atoms with Crippen LogP contribution in [0.5, 0.6) is 0 Å². The van der Waals surface area contributed by atoms with Crippen molar-refractivity contribution in [3.8, 4) is 0 Å². The van der Waals surface area contributed by atoms with Crippen molar-refractivity contribution in [1.29, 1.82) is 0 Å². The van der Waals surface area contributed by atoms with Gasteiger partial charge in [-0.05, 0) is 73.2 Å². The second kappa shape index (κ2) is 11.6. The largest absolute Gasteiger partial charge is 0.481 e. The highest BCUT2D eigenvalue weighted by atomic mass is 32.2. The fraction of sp³-hybridized carbons (Fsp3) is 0.440. The molecule has 0 spiro atoms. The highest BCUT2D eigenvalue weighted by Crippen LogP contribution is 2.31. The third-order valence-corrected chi connectivity index (χ3v) is 6.36. The van der Waals surface area contributed by atoms with Crippen LogP contribution in [0.3, 0.4) is 0 Å². The van der Waals surface area contributed by atoms with Crippen molar-refractivity contribution in [3.63, 3.8) is 0 Å². The summed E-state index contributed by atoms with van der Waals surface area (Å²) in [5, 5.41) is 15.4. The number of hydrogen-bond donors (Lipinski definition) is 1. The smallest absolute Gasteiger partial charge is 0.416 e. The summed E-state index contributed by atoms with van der Waals surface area (Å²) in [5.74, 6) is -0.617. The van der Waals surface area contributed by atoms with Crippen LogP contribution >= 0.6 is 11.8 Å². The number of hydrazone groups is 1. The van der Waals surface area contributed by atoms with Crippen molar-refractivity contribution in [1.82, 2.24) is 0 Å². The van der Waals surface area contributed by atoms with E-state index in [1.807, 2.05) is 19.1 Å². The summed E-state index contributed by atoms with van der Waals surface area (Å²) >= 11 is 1.72. The molecule has 0 fully saturated rings. The number of aliphatic carboxylic acids is 1. The van der Waals surface area contributed by atoms with Gasteiger partial charge >= 0.3 is 12.1 Å². The first kappa shape index (κ1) is 26.8. The van der Waals surface area contributed by atoms with Crippen LogP contribution in [0.1, 0.15) is 50.3 Å². The molecule has 0 amide bonds. The zero-order valence-electron chi connectivity index (χ0n) is 19.6. The zero-order chi connectivity index (χ0) is 24.8. The van der Waals surface area contributed by atoms with Crippen LogP contribution in [-0.4, -0.2) is 29.1 Å². The Hall–Kier alpha value is -2.48. The number of carboxylic acid groups (broad SMARTS) is 1. The van der Waals surface area contributed by atoms with Crippen molar-refractivity contribution < 1.29 is 23.1 Å². The summed E-state index contributed by atoms with van der Waals surface area (Å²) in [6.07, 6.45) is -3.00. The summed E-state index contributed by atoms with van der Waals surface area (Å²) < 4.78 is 38.4. The molecule has 0 bridgehead atoms. The predicted molar refractivity (Wildman–Crippen MR) is 129 cm³/mol. The molecule has 0 aliphatic rings. The molecule has 0 aromatic heterocycles. The number of benzene rings is 2. The van der Waals surface area contributed by atoms with Crippen molar-refractivity contribution in [2.24, 2.45) is 11.0 Å². The van der Waals surface area contributed by atoms with Crippen LogP contribution in [0.15, 0.2) is 52.5 Å². The maximum Gasteiger partial charge on any atom is 0.416 e. The van der Waals surface area contributed by atoms with E-state index in [4.69, 9.17) is 10.2 Å². The number of hydrogen-bond acceptors (Lipinski definition) is 4. The van der Waals surface area contributed by atoms with Gasteiger partial charge < -0.3 is 5.11 Å². The van der Waals surface area contributed by atoms with Gasteiger partial charge in [-0.1, -0.05) is 26.8 Å². The normalized spacial score (nSPS) is 13.3. The van der Waals surface area contributed by atoms with Crippen molar-refractivity contribution in [2.45, 2.75) is 63.3 Å². The maximum absolute atomic E-state index is 12.8. The number of carbonyl (C=O) groups is 1. The van der Waals surface area contributed by atoms with Gasteiger partial charge in [0.2, 0.25) is 0 Å². The van der Waals surface area contributed by atoms with Gasteiger partial charge in [0.05, 0.1) is 11.3 Å². The molecule has 1 atom stereocenters. The zero-order valence-corrected chi connectivity index (χ0v) is 20.4. The molecule has 1 unspecified atom stereocenters. The molecule has 180 valence electrons. The molecule has 0 saturated carbocycles. The Balaban J connectivity index is 2.07. The molecule has 2 aromatic carbocycles.